The molecule has 4 nitrogen and oxygen atoms in total. The zero-order valence-electron chi connectivity index (χ0n) is 30.5. The first kappa shape index (κ1) is 30.7. The van der Waals surface area contributed by atoms with Gasteiger partial charge >= 0.3 is 0 Å². The zero-order chi connectivity index (χ0) is 36.7. The molecule has 0 saturated heterocycles. The van der Waals surface area contributed by atoms with E-state index in [-0.39, 0.29) is 10.8 Å². The predicted octanol–water partition coefficient (Wildman–Crippen LogP) is 12.2. The van der Waals surface area contributed by atoms with Gasteiger partial charge in [-0.15, -0.1) is 0 Å². The minimum atomic E-state index is -0.152. The van der Waals surface area contributed by atoms with Crippen LogP contribution in [-0.4, -0.2) is 9.13 Å². The molecule has 0 atom stereocenters. The number of nitrogens with zero attached hydrogens (tertiary/aromatic N) is 4. The van der Waals surface area contributed by atoms with E-state index >= 15 is 0 Å². The average molecular weight is 691 g/mol. The van der Waals surface area contributed by atoms with Gasteiger partial charge in [-0.25, -0.2) is 0 Å². The average Bonchev–Trinajstić information content (AvgIpc) is 3.84. The fourth-order valence-electron chi connectivity index (χ4n) is 10.0. The second-order valence-corrected chi connectivity index (χ2v) is 16.0. The van der Waals surface area contributed by atoms with E-state index in [0.717, 1.165) is 49.3 Å². The number of hydrogen-bond donors (Lipinski definition) is 0. The van der Waals surface area contributed by atoms with E-state index in [9.17, 15) is 10.5 Å². The van der Waals surface area contributed by atoms with E-state index in [1.165, 1.54) is 44.5 Å². The summed E-state index contributed by atoms with van der Waals surface area (Å²) in [5, 5.41) is 26.5. The Labute approximate surface area is 313 Å². The maximum atomic E-state index is 11.0. The number of fused-ring (bicyclic) bond motifs is 12. The molecule has 0 bridgehead atoms. The molecule has 0 spiro atoms. The second-order valence-electron chi connectivity index (χ2n) is 16.0. The van der Waals surface area contributed by atoms with Crippen molar-refractivity contribution in [2.24, 2.45) is 0 Å². The van der Waals surface area contributed by atoms with E-state index in [4.69, 9.17) is 0 Å². The highest BCUT2D eigenvalue weighted by atomic mass is 15.0. The summed E-state index contributed by atoms with van der Waals surface area (Å²) in [7, 11) is 0. The van der Waals surface area contributed by atoms with E-state index in [1.54, 1.807) is 0 Å². The van der Waals surface area contributed by atoms with Crippen LogP contribution in [0.1, 0.15) is 61.1 Å². The van der Waals surface area contributed by atoms with Gasteiger partial charge in [-0.1, -0.05) is 113 Å². The quantitative estimate of drug-likeness (QED) is 0.181. The van der Waals surface area contributed by atoms with E-state index in [2.05, 4.69) is 164 Å². The topological polar surface area (TPSA) is 57.4 Å². The van der Waals surface area contributed by atoms with E-state index in [1.807, 2.05) is 18.2 Å². The molecule has 4 heteroatoms. The van der Waals surface area contributed by atoms with Crippen molar-refractivity contribution in [3.8, 4) is 45.8 Å². The summed E-state index contributed by atoms with van der Waals surface area (Å²) < 4.78 is 4.39. The molecule has 0 unspecified atom stereocenters. The maximum absolute atomic E-state index is 11.0. The molecule has 2 heterocycles. The van der Waals surface area contributed by atoms with Gasteiger partial charge in [-0.05, 0) is 93.0 Å². The van der Waals surface area contributed by atoms with Crippen LogP contribution in [0.5, 0.6) is 0 Å². The van der Waals surface area contributed by atoms with E-state index in [0.29, 0.717) is 16.8 Å². The monoisotopic (exact) mass is 690 g/mol. The minimum absolute atomic E-state index is 0.132. The summed E-state index contributed by atoms with van der Waals surface area (Å²) in [4.78, 5) is 0. The molecule has 9 aromatic rings. The Morgan fingerprint density at radius 2 is 0.833 bits per heavy atom. The minimum Gasteiger partial charge on any atom is -0.309 e. The van der Waals surface area contributed by atoms with Crippen molar-refractivity contribution in [1.82, 2.24) is 9.13 Å². The lowest BCUT2D eigenvalue weighted by Crippen LogP contribution is -2.14. The smallest absolute Gasteiger partial charge is 0.101 e. The highest BCUT2D eigenvalue weighted by Crippen LogP contribution is 2.53. The standard InChI is InChI=1S/C50H34N4/c1-49(2)40-17-9-5-13-32(40)36-25-46-38(23-42(36)49)34-15-7-11-19-44(34)53(46)31-21-29(27-51)48(30(22-31)28-52)54-45-20-12-8-16-35(45)39-24-43-37(26-47(39)54)33-14-6-10-18-41(33)50(43,3)4/h5-26H,1-4H3. The van der Waals surface area contributed by atoms with Crippen molar-refractivity contribution in [2.75, 3.05) is 0 Å². The summed E-state index contributed by atoms with van der Waals surface area (Å²) in [5.74, 6) is 0. The third kappa shape index (κ3) is 3.75. The van der Waals surface area contributed by atoms with Crippen molar-refractivity contribution in [2.45, 2.75) is 38.5 Å². The van der Waals surface area contributed by atoms with Gasteiger partial charge in [0.25, 0.3) is 0 Å². The number of para-hydroxylation sites is 2. The van der Waals surface area contributed by atoms with Gasteiger partial charge < -0.3 is 9.13 Å². The van der Waals surface area contributed by atoms with Crippen molar-refractivity contribution in [3.63, 3.8) is 0 Å². The van der Waals surface area contributed by atoms with Gasteiger partial charge in [0.05, 0.1) is 38.9 Å². The summed E-state index contributed by atoms with van der Waals surface area (Å²) in [5.41, 5.74) is 16.2. The number of rotatable bonds is 2. The molecule has 0 radical (unpaired) electrons. The Hall–Kier alpha value is -6.88. The largest absolute Gasteiger partial charge is 0.309 e. The zero-order valence-corrected chi connectivity index (χ0v) is 30.5. The Morgan fingerprint density at radius 1 is 0.407 bits per heavy atom. The SMILES string of the molecule is CC1(C)c2ccccc2-c2cc3c(cc21)c1ccccc1n3-c1cc(C#N)c(-n2c3ccccc3c3cc4c(cc32)-c2ccccc2C4(C)C)c(C#N)c1. The van der Waals surface area contributed by atoms with Crippen LogP contribution in [0.25, 0.3) is 77.2 Å². The number of nitriles is 2. The van der Waals surface area contributed by atoms with Gasteiger partial charge in [0, 0.05) is 38.1 Å². The third-order valence-corrected chi connectivity index (χ3v) is 12.6. The predicted molar refractivity (Wildman–Crippen MR) is 220 cm³/mol. The lowest BCUT2D eigenvalue weighted by atomic mass is 9.82. The first-order valence-corrected chi connectivity index (χ1v) is 18.6. The molecule has 54 heavy (non-hydrogen) atoms. The molecule has 2 aromatic heterocycles. The van der Waals surface area contributed by atoms with Crippen LogP contribution in [0.4, 0.5) is 0 Å². The number of hydrogen-bond acceptors (Lipinski definition) is 2. The Morgan fingerprint density at radius 3 is 1.33 bits per heavy atom. The van der Waals surface area contributed by atoms with Crippen LogP contribution >= 0.6 is 0 Å². The molecule has 2 aliphatic rings. The highest BCUT2D eigenvalue weighted by Gasteiger charge is 2.38. The summed E-state index contributed by atoms with van der Waals surface area (Å²) in [6.45, 7) is 9.21. The van der Waals surface area contributed by atoms with Crippen LogP contribution in [0, 0.1) is 22.7 Å². The second kappa shape index (κ2) is 10.4. The molecule has 7 aromatic carbocycles. The van der Waals surface area contributed by atoms with Gasteiger partial charge in [0.15, 0.2) is 0 Å². The molecular formula is C50H34N4. The molecule has 0 amide bonds. The molecule has 11 rings (SSSR count). The summed E-state index contributed by atoms with van der Waals surface area (Å²) in [6.07, 6.45) is 0. The third-order valence-electron chi connectivity index (χ3n) is 12.6. The first-order valence-electron chi connectivity index (χ1n) is 18.6. The van der Waals surface area contributed by atoms with Crippen molar-refractivity contribution in [3.05, 3.63) is 167 Å². The molecule has 0 saturated carbocycles. The normalized spacial score (nSPS) is 14.6. The van der Waals surface area contributed by atoms with Crippen LogP contribution in [0.15, 0.2) is 133 Å². The number of benzene rings is 7. The lowest BCUT2D eigenvalue weighted by Gasteiger charge is -2.21. The van der Waals surface area contributed by atoms with Gasteiger partial charge in [-0.3, -0.25) is 0 Å². The van der Waals surface area contributed by atoms with E-state index < -0.39 is 0 Å². The molecular weight excluding hydrogens is 657 g/mol. The van der Waals surface area contributed by atoms with Crippen LogP contribution in [0.3, 0.4) is 0 Å². The van der Waals surface area contributed by atoms with Gasteiger partial charge in [-0.2, -0.15) is 10.5 Å². The Kier molecular flexibility index (Phi) is 5.90. The maximum Gasteiger partial charge on any atom is 0.101 e. The molecule has 254 valence electrons. The highest BCUT2D eigenvalue weighted by molar-refractivity contribution is 6.13. The fourth-order valence-corrected chi connectivity index (χ4v) is 10.0. The van der Waals surface area contributed by atoms with Crippen molar-refractivity contribution >= 4 is 43.6 Å². The van der Waals surface area contributed by atoms with Crippen molar-refractivity contribution < 1.29 is 0 Å². The molecule has 2 aliphatic carbocycles. The Balaban J connectivity index is 1.20. The lowest BCUT2D eigenvalue weighted by molar-refractivity contribution is 0.661. The van der Waals surface area contributed by atoms with Gasteiger partial charge in [0.1, 0.15) is 12.1 Å². The van der Waals surface area contributed by atoms with Crippen LogP contribution in [-0.2, 0) is 10.8 Å². The van der Waals surface area contributed by atoms with Gasteiger partial charge in [0.2, 0.25) is 0 Å². The molecule has 0 aliphatic heterocycles. The number of aromatic nitrogens is 2. The van der Waals surface area contributed by atoms with Crippen LogP contribution in [0.2, 0.25) is 0 Å². The first-order chi connectivity index (χ1) is 26.2. The summed E-state index contributed by atoms with van der Waals surface area (Å²) in [6, 6.07) is 52.5. The Bertz CT molecular complexity index is 3210. The fraction of sp³-hybridized carbons (Fsp3) is 0.120. The molecule has 0 fully saturated rings. The van der Waals surface area contributed by atoms with Crippen molar-refractivity contribution in [1.29, 1.82) is 10.5 Å². The molecule has 0 N–H and O–H groups in total. The van der Waals surface area contributed by atoms with Crippen LogP contribution < -0.4 is 0 Å². The summed E-state index contributed by atoms with van der Waals surface area (Å²) >= 11 is 0.